The van der Waals surface area contributed by atoms with Crippen molar-refractivity contribution in [2.75, 3.05) is 13.2 Å². The summed E-state index contributed by atoms with van der Waals surface area (Å²) in [6.45, 7) is 3.10. The smallest absolute Gasteiger partial charge is 0.323 e. The quantitative estimate of drug-likeness (QED) is 0.500. The first kappa shape index (κ1) is 11.5. The molecular weight excluding hydrogens is 182 g/mol. The van der Waals surface area contributed by atoms with Gasteiger partial charge < -0.3 is 15.2 Å². The zero-order chi connectivity index (χ0) is 10.4. The molecule has 4 nitrogen and oxygen atoms in total. The van der Waals surface area contributed by atoms with Gasteiger partial charge in [-0.05, 0) is 6.42 Å². The monoisotopic (exact) mass is 201 g/mol. The van der Waals surface area contributed by atoms with Gasteiger partial charge in [0.05, 0.1) is 12.7 Å². The molecule has 1 unspecified atom stereocenters. The van der Waals surface area contributed by atoms with Gasteiger partial charge in [-0.25, -0.2) is 0 Å². The second-order valence-corrected chi connectivity index (χ2v) is 3.72. The molecule has 0 aromatic heterocycles. The molecule has 1 aliphatic rings. The molecule has 1 rings (SSSR count). The zero-order valence-electron chi connectivity index (χ0n) is 8.66. The molecule has 2 atom stereocenters. The summed E-state index contributed by atoms with van der Waals surface area (Å²) >= 11 is 0. The summed E-state index contributed by atoms with van der Waals surface area (Å²) in [5, 5.41) is 12.1. The van der Waals surface area contributed by atoms with Gasteiger partial charge in [-0.3, -0.25) is 4.79 Å². The van der Waals surface area contributed by atoms with Gasteiger partial charge in [0.25, 0.3) is 0 Å². The summed E-state index contributed by atoms with van der Waals surface area (Å²) in [4.78, 5) is 11.4. The highest BCUT2D eigenvalue weighted by atomic mass is 16.5. The maximum Gasteiger partial charge on any atom is 0.323 e. The van der Waals surface area contributed by atoms with E-state index in [1.807, 2.05) is 0 Å². The molecule has 0 bridgehead atoms. The van der Waals surface area contributed by atoms with Gasteiger partial charge >= 0.3 is 5.97 Å². The Morgan fingerprint density at radius 1 is 1.57 bits per heavy atom. The Morgan fingerprint density at radius 3 is 2.93 bits per heavy atom. The number of rotatable bonds is 5. The molecule has 1 aliphatic heterocycles. The molecule has 1 fully saturated rings. The van der Waals surface area contributed by atoms with Crippen LogP contribution in [0.3, 0.4) is 0 Å². The van der Waals surface area contributed by atoms with Gasteiger partial charge in [0.1, 0.15) is 6.04 Å². The van der Waals surface area contributed by atoms with Crippen molar-refractivity contribution < 1.29 is 14.6 Å². The number of hydrogen-bond acceptors (Lipinski definition) is 4. The Morgan fingerprint density at radius 2 is 2.36 bits per heavy atom. The van der Waals surface area contributed by atoms with E-state index in [2.05, 4.69) is 12.2 Å². The molecule has 0 aromatic carbocycles. The Bertz CT molecular complexity index is 184. The van der Waals surface area contributed by atoms with Crippen LogP contribution < -0.4 is 5.32 Å². The second kappa shape index (κ2) is 5.98. The third-order valence-electron chi connectivity index (χ3n) is 2.38. The van der Waals surface area contributed by atoms with Gasteiger partial charge in [-0.1, -0.05) is 19.8 Å². The van der Waals surface area contributed by atoms with Crippen molar-refractivity contribution in [3.05, 3.63) is 0 Å². The average Bonchev–Trinajstić information content (AvgIpc) is 2.59. The Hall–Kier alpha value is -0.610. The van der Waals surface area contributed by atoms with Crippen LogP contribution in [0.4, 0.5) is 0 Å². The molecule has 0 aliphatic carbocycles. The van der Waals surface area contributed by atoms with E-state index < -0.39 is 6.10 Å². The topological polar surface area (TPSA) is 58.6 Å². The Balaban J connectivity index is 2.09. The van der Waals surface area contributed by atoms with E-state index in [-0.39, 0.29) is 12.0 Å². The lowest BCUT2D eigenvalue weighted by Gasteiger charge is -2.09. The zero-order valence-corrected chi connectivity index (χ0v) is 8.66. The summed E-state index contributed by atoms with van der Waals surface area (Å²) < 4.78 is 5.06. The molecule has 82 valence electrons. The lowest BCUT2D eigenvalue weighted by molar-refractivity contribution is -0.146. The largest absolute Gasteiger partial charge is 0.465 e. The fraction of sp³-hybridized carbons (Fsp3) is 0.900. The number of unbranched alkanes of at least 4 members (excludes halogenated alkanes) is 2. The minimum absolute atomic E-state index is 0.224. The molecule has 2 N–H and O–H groups in total. The molecular formula is C10H19NO3. The van der Waals surface area contributed by atoms with Gasteiger partial charge in [0, 0.05) is 13.0 Å². The predicted molar refractivity (Wildman–Crippen MR) is 52.9 cm³/mol. The normalized spacial score (nSPS) is 26.4. The van der Waals surface area contributed by atoms with Crippen LogP contribution in [0.15, 0.2) is 0 Å². The molecule has 0 saturated carbocycles. The van der Waals surface area contributed by atoms with E-state index >= 15 is 0 Å². The minimum Gasteiger partial charge on any atom is -0.465 e. The lowest BCUT2D eigenvalue weighted by atomic mass is 10.2. The second-order valence-electron chi connectivity index (χ2n) is 3.72. The highest BCUT2D eigenvalue weighted by Gasteiger charge is 2.28. The van der Waals surface area contributed by atoms with Crippen LogP contribution in [0.2, 0.25) is 0 Å². The van der Waals surface area contributed by atoms with E-state index in [9.17, 15) is 9.90 Å². The summed E-state index contributed by atoms with van der Waals surface area (Å²) in [5.41, 5.74) is 0. The van der Waals surface area contributed by atoms with Crippen LogP contribution in [0, 0.1) is 0 Å². The van der Waals surface area contributed by atoms with E-state index in [0.29, 0.717) is 19.6 Å². The summed E-state index contributed by atoms with van der Waals surface area (Å²) in [6.07, 6.45) is 3.22. The Labute approximate surface area is 84.6 Å². The van der Waals surface area contributed by atoms with Crippen LogP contribution in [-0.4, -0.2) is 36.4 Å². The van der Waals surface area contributed by atoms with E-state index in [0.717, 1.165) is 19.3 Å². The highest BCUT2D eigenvalue weighted by Crippen LogP contribution is 2.08. The van der Waals surface area contributed by atoms with Crippen molar-refractivity contribution in [3.63, 3.8) is 0 Å². The van der Waals surface area contributed by atoms with Crippen LogP contribution in [0.1, 0.15) is 32.6 Å². The molecule has 1 saturated heterocycles. The van der Waals surface area contributed by atoms with Crippen LogP contribution in [-0.2, 0) is 9.53 Å². The number of ether oxygens (including phenoxy) is 1. The predicted octanol–water partition coefficient (Wildman–Crippen LogP) is 0.443. The lowest BCUT2D eigenvalue weighted by Crippen LogP contribution is -2.32. The number of aliphatic hydroxyl groups excluding tert-OH is 1. The molecule has 4 heteroatoms. The number of carbonyl (C=O) groups excluding carboxylic acids is 1. The number of β-amino-alcohol motifs (C(OH)–C–C–N with tert-alkyl or cyclic N) is 1. The fourth-order valence-electron chi connectivity index (χ4n) is 1.52. The SMILES string of the molecule is CCCCCOC(=O)[C@@H]1CC(O)CN1. The average molecular weight is 201 g/mol. The molecule has 0 spiro atoms. The van der Waals surface area contributed by atoms with Crippen molar-refractivity contribution in [1.29, 1.82) is 0 Å². The van der Waals surface area contributed by atoms with Gasteiger partial charge in [-0.2, -0.15) is 0 Å². The molecule has 0 aromatic rings. The van der Waals surface area contributed by atoms with Crippen LogP contribution in [0.5, 0.6) is 0 Å². The number of nitrogens with one attached hydrogen (secondary N) is 1. The minimum atomic E-state index is -0.400. The number of carbonyl (C=O) groups is 1. The molecule has 14 heavy (non-hydrogen) atoms. The maximum atomic E-state index is 11.4. The third kappa shape index (κ3) is 3.64. The van der Waals surface area contributed by atoms with Crippen molar-refractivity contribution >= 4 is 5.97 Å². The first-order valence-electron chi connectivity index (χ1n) is 5.32. The maximum absolute atomic E-state index is 11.4. The molecule has 1 heterocycles. The van der Waals surface area contributed by atoms with Gasteiger partial charge in [0.15, 0.2) is 0 Å². The van der Waals surface area contributed by atoms with E-state index in [1.54, 1.807) is 0 Å². The number of aliphatic hydroxyl groups is 1. The fourth-order valence-corrected chi connectivity index (χ4v) is 1.52. The van der Waals surface area contributed by atoms with E-state index in [1.165, 1.54) is 0 Å². The summed E-state index contributed by atoms with van der Waals surface area (Å²) in [5.74, 6) is -0.224. The third-order valence-corrected chi connectivity index (χ3v) is 2.38. The highest BCUT2D eigenvalue weighted by molar-refractivity contribution is 5.76. The molecule has 0 radical (unpaired) electrons. The van der Waals surface area contributed by atoms with Crippen LogP contribution >= 0.6 is 0 Å². The standard InChI is InChI=1S/C10H19NO3/c1-2-3-4-5-14-10(13)9-6-8(12)7-11-9/h8-9,11-12H,2-7H2,1H3/t8?,9-/m0/s1. The van der Waals surface area contributed by atoms with Crippen LogP contribution in [0.25, 0.3) is 0 Å². The first-order valence-corrected chi connectivity index (χ1v) is 5.32. The number of hydrogen-bond donors (Lipinski definition) is 2. The summed E-state index contributed by atoms with van der Waals surface area (Å²) in [6, 6.07) is -0.299. The van der Waals surface area contributed by atoms with Crippen molar-refractivity contribution in [1.82, 2.24) is 5.32 Å². The Kier molecular flexibility index (Phi) is 4.90. The van der Waals surface area contributed by atoms with Gasteiger partial charge in [-0.15, -0.1) is 0 Å². The van der Waals surface area contributed by atoms with E-state index in [4.69, 9.17) is 4.74 Å². The summed E-state index contributed by atoms with van der Waals surface area (Å²) in [7, 11) is 0. The van der Waals surface area contributed by atoms with Crippen molar-refractivity contribution in [2.45, 2.75) is 44.8 Å². The first-order chi connectivity index (χ1) is 6.74. The number of esters is 1. The van der Waals surface area contributed by atoms with Crippen molar-refractivity contribution in [3.8, 4) is 0 Å². The van der Waals surface area contributed by atoms with Crippen molar-refractivity contribution in [2.24, 2.45) is 0 Å². The molecule has 0 amide bonds. The van der Waals surface area contributed by atoms with Gasteiger partial charge in [0.2, 0.25) is 0 Å².